The number of carbonyl (C=O) groups excluding carboxylic acids is 2. The van der Waals surface area contributed by atoms with E-state index in [1.807, 2.05) is 18.2 Å². The normalized spacial score (nSPS) is 16.4. The van der Waals surface area contributed by atoms with Gasteiger partial charge < -0.3 is 14.8 Å². The third-order valence-corrected chi connectivity index (χ3v) is 6.60. The highest BCUT2D eigenvalue weighted by molar-refractivity contribution is 8.15. The topological polar surface area (TPSA) is 93.1 Å². The van der Waals surface area contributed by atoms with Crippen molar-refractivity contribution in [2.24, 2.45) is 4.99 Å². The van der Waals surface area contributed by atoms with E-state index in [1.54, 1.807) is 60.7 Å². The number of thioether (sulfide) groups is 1. The number of pyridine rings is 1. The molecule has 1 aromatic heterocycles. The number of amidine groups is 1. The van der Waals surface area contributed by atoms with Crippen LogP contribution in [0.3, 0.4) is 0 Å². The van der Waals surface area contributed by atoms with Crippen molar-refractivity contribution in [1.82, 2.24) is 9.88 Å². The number of ether oxygens (including phenoxy) is 2. The van der Waals surface area contributed by atoms with E-state index in [4.69, 9.17) is 21.1 Å². The smallest absolute Gasteiger partial charge is 0.243 e. The first-order valence-electron chi connectivity index (χ1n) is 10.7. The molecule has 0 aliphatic carbocycles. The van der Waals surface area contributed by atoms with E-state index >= 15 is 0 Å². The number of methoxy groups -OCH3 is 2. The zero-order chi connectivity index (χ0) is 24.8. The Bertz CT molecular complexity index is 1240. The summed E-state index contributed by atoms with van der Waals surface area (Å²) in [5.74, 6) is 0.534. The molecule has 1 saturated heterocycles. The Morgan fingerprint density at radius 3 is 2.63 bits per heavy atom. The Morgan fingerprint density at radius 2 is 1.94 bits per heavy atom. The van der Waals surface area contributed by atoms with Crippen molar-refractivity contribution >= 4 is 51.7 Å². The maximum atomic E-state index is 13.3. The standard InChI is InChI=1S/C25H23ClN4O4S/c1-33-19-10-11-21(34-2)20(13-19)29-23(31)14-22-24(32)30(15-18-5-3-4-12-27-18)25(35-22)28-17-8-6-16(26)7-9-17/h3-13,22H,14-15H2,1-2H3,(H,29,31)/t22-/m0/s1. The summed E-state index contributed by atoms with van der Waals surface area (Å²) in [6.07, 6.45) is 1.63. The van der Waals surface area contributed by atoms with Gasteiger partial charge in [0.2, 0.25) is 11.8 Å². The van der Waals surface area contributed by atoms with Crippen molar-refractivity contribution in [3.63, 3.8) is 0 Å². The number of hydrogen-bond acceptors (Lipinski definition) is 7. The zero-order valence-electron chi connectivity index (χ0n) is 19.1. The molecular weight excluding hydrogens is 488 g/mol. The van der Waals surface area contributed by atoms with Crippen LogP contribution in [0, 0.1) is 0 Å². The van der Waals surface area contributed by atoms with Gasteiger partial charge in [0, 0.05) is 23.7 Å². The minimum absolute atomic E-state index is 0.0395. The van der Waals surface area contributed by atoms with E-state index in [-0.39, 0.29) is 24.8 Å². The second-order valence-corrected chi connectivity index (χ2v) is 9.15. The van der Waals surface area contributed by atoms with E-state index in [2.05, 4.69) is 15.3 Å². The lowest BCUT2D eigenvalue weighted by atomic mass is 10.2. The number of benzene rings is 2. The average Bonchev–Trinajstić information content (AvgIpc) is 3.14. The highest BCUT2D eigenvalue weighted by Crippen LogP contribution is 2.34. The first-order valence-corrected chi connectivity index (χ1v) is 12.0. The fraction of sp³-hybridized carbons (Fsp3) is 0.200. The van der Waals surface area contributed by atoms with Gasteiger partial charge in [-0.3, -0.25) is 19.5 Å². The van der Waals surface area contributed by atoms with Crippen LogP contribution >= 0.6 is 23.4 Å². The van der Waals surface area contributed by atoms with Crippen LogP contribution < -0.4 is 14.8 Å². The minimum atomic E-state index is -0.638. The van der Waals surface area contributed by atoms with E-state index in [0.29, 0.717) is 33.1 Å². The van der Waals surface area contributed by atoms with E-state index < -0.39 is 5.25 Å². The summed E-state index contributed by atoms with van der Waals surface area (Å²) in [5.41, 5.74) is 1.84. The lowest BCUT2D eigenvalue weighted by molar-refractivity contribution is -0.128. The van der Waals surface area contributed by atoms with Crippen molar-refractivity contribution in [1.29, 1.82) is 0 Å². The van der Waals surface area contributed by atoms with Crippen LogP contribution in [-0.2, 0) is 16.1 Å². The molecule has 2 amide bonds. The molecule has 2 heterocycles. The number of nitrogens with one attached hydrogen (secondary N) is 1. The molecule has 35 heavy (non-hydrogen) atoms. The summed E-state index contributed by atoms with van der Waals surface area (Å²) < 4.78 is 10.6. The number of anilines is 1. The number of aliphatic imine (C=N–C) groups is 1. The molecule has 1 N–H and O–H groups in total. The number of amides is 2. The van der Waals surface area contributed by atoms with Crippen LogP contribution in [0.5, 0.6) is 11.5 Å². The van der Waals surface area contributed by atoms with Crippen LogP contribution in [0.1, 0.15) is 12.1 Å². The largest absolute Gasteiger partial charge is 0.497 e. The van der Waals surface area contributed by atoms with Crippen molar-refractivity contribution in [3.8, 4) is 11.5 Å². The molecule has 1 atom stereocenters. The molecule has 10 heteroatoms. The Balaban J connectivity index is 1.54. The summed E-state index contributed by atoms with van der Waals surface area (Å²) in [4.78, 5) is 36.8. The van der Waals surface area contributed by atoms with Gasteiger partial charge in [0.1, 0.15) is 16.7 Å². The molecule has 8 nitrogen and oxygen atoms in total. The van der Waals surface area contributed by atoms with Gasteiger partial charge in [0.15, 0.2) is 5.17 Å². The van der Waals surface area contributed by atoms with Gasteiger partial charge in [-0.25, -0.2) is 4.99 Å². The van der Waals surface area contributed by atoms with Crippen LogP contribution in [0.25, 0.3) is 0 Å². The lowest BCUT2D eigenvalue weighted by Crippen LogP contribution is -2.33. The molecule has 0 unspecified atom stereocenters. The molecule has 1 aliphatic rings. The van der Waals surface area contributed by atoms with E-state index in [0.717, 1.165) is 5.69 Å². The van der Waals surface area contributed by atoms with Gasteiger partial charge in [0.25, 0.3) is 0 Å². The molecule has 0 saturated carbocycles. The highest BCUT2D eigenvalue weighted by Gasteiger charge is 2.39. The van der Waals surface area contributed by atoms with Crippen LogP contribution in [0.4, 0.5) is 11.4 Å². The summed E-state index contributed by atoms with van der Waals surface area (Å²) in [5, 5.41) is 3.28. The van der Waals surface area contributed by atoms with Gasteiger partial charge in [-0.1, -0.05) is 29.4 Å². The number of aromatic nitrogens is 1. The molecule has 3 aromatic rings. The number of carbonyl (C=O) groups is 2. The van der Waals surface area contributed by atoms with Gasteiger partial charge >= 0.3 is 0 Å². The summed E-state index contributed by atoms with van der Waals surface area (Å²) in [6.45, 7) is 0.251. The average molecular weight is 511 g/mol. The maximum absolute atomic E-state index is 13.3. The molecule has 4 rings (SSSR count). The molecule has 1 fully saturated rings. The van der Waals surface area contributed by atoms with Gasteiger partial charge in [-0.2, -0.15) is 0 Å². The molecule has 0 radical (unpaired) electrons. The van der Waals surface area contributed by atoms with Crippen LogP contribution in [-0.4, -0.2) is 46.3 Å². The summed E-state index contributed by atoms with van der Waals surface area (Å²) >= 11 is 7.24. The van der Waals surface area contributed by atoms with E-state index in [9.17, 15) is 9.59 Å². The van der Waals surface area contributed by atoms with Crippen LogP contribution in [0.15, 0.2) is 71.9 Å². The number of halogens is 1. The first kappa shape index (κ1) is 24.6. The van der Waals surface area contributed by atoms with Gasteiger partial charge in [0.05, 0.1) is 37.8 Å². The van der Waals surface area contributed by atoms with Crippen molar-refractivity contribution in [2.75, 3.05) is 19.5 Å². The summed E-state index contributed by atoms with van der Waals surface area (Å²) in [7, 11) is 3.06. The molecule has 180 valence electrons. The monoisotopic (exact) mass is 510 g/mol. The second kappa shape index (κ2) is 11.2. The number of hydrogen-bond donors (Lipinski definition) is 1. The van der Waals surface area contributed by atoms with Crippen molar-refractivity contribution in [3.05, 3.63) is 77.6 Å². The second-order valence-electron chi connectivity index (χ2n) is 7.54. The first-order chi connectivity index (χ1) is 17.0. The Labute approximate surface area is 212 Å². The molecule has 1 aliphatic heterocycles. The SMILES string of the molecule is COc1ccc(OC)c(NC(=O)C[C@@H]2SC(=Nc3ccc(Cl)cc3)N(Cc3ccccn3)C2=O)c1. The van der Waals surface area contributed by atoms with E-state index in [1.165, 1.54) is 18.9 Å². The number of nitrogens with zero attached hydrogens (tertiary/aromatic N) is 3. The third-order valence-electron chi connectivity index (χ3n) is 5.17. The number of rotatable bonds is 8. The predicted molar refractivity (Wildman–Crippen MR) is 138 cm³/mol. The lowest BCUT2D eigenvalue weighted by Gasteiger charge is -2.16. The summed E-state index contributed by atoms with van der Waals surface area (Å²) in [6, 6.07) is 17.6. The Hall–Kier alpha value is -3.56. The molecule has 0 spiro atoms. The Morgan fingerprint density at radius 1 is 1.14 bits per heavy atom. The highest BCUT2D eigenvalue weighted by atomic mass is 35.5. The fourth-order valence-corrected chi connectivity index (χ4v) is 4.71. The van der Waals surface area contributed by atoms with Crippen molar-refractivity contribution < 1.29 is 19.1 Å². The third kappa shape index (κ3) is 6.12. The zero-order valence-corrected chi connectivity index (χ0v) is 20.7. The van der Waals surface area contributed by atoms with Gasteiger partial charge in [-0.15, -0.1) is 0 Å². The van der Waals surface area contributed by atoms with Crippen LogP contribution in [0.2, 0.25) is 5.02 Å². The quantitative estimate of drug-likeness (QED) is 0.462. The minimum Gasteiger partial charge on any atom is -0.497 e. The molecular formula is C25H23ClN4O4S. The van der Waals surface area contributed by atoms with Crippen molar-refractivity contribution in [2.45, 2.75) is 18.2 Å². The maximum Gasteiger partial charge on any atom is 0.243 e. The Kier molecular flexibility index (Phi) is 7.89. The van der Waals surface area contributed by atoms with Gasteiger partial charge in [-0.05, 0) is 48.5 Å². The molecule has 0 bridgehead atoms. The fourth-order valence-electron chi connectivity index (χ4n) is 3.43. The molecule has 2 aromatic carbocycles. The predicted octanol–water partition coefficient (Wildman–Crippen LogP) is 4.91.